The number of hydrogen-bond acceptors (Lipinski definition) is 16. The second kappa shape index (κ2) is 29.7. The maximum Gasteiger partial charge on any atom is 0.512 e. The molecule has 0 aromatic heterocycles. The fourth-order valence-corrected chi connectivity index (χ4v) is 16.1. The van der Waals surface area contributed by atoms with E-state index in [9.17, 15) is 43.2 Å². The minimum absolute atomic E-state index is 0.486. The van der Waals surface area contributed by atoms with Crippen molar-refractivity contribution in [1.29, 1.82) is 0 Å². The van der Waals surface area contributed by atoms with Crippen LogP contribution in [0.3, 0.4) is 0 Å². The zero-order chi connectivity index (χ0) is 76.5. The quantitative estimate of drug-likeness (QED) is 0.0502. The molecule has 0 saturated heterocycles. The van der Waals surface area contributed by atoms with Gasteiger partial charge in [0.25, 0.3) is 0 Å². The van der Waals surface area contributed by atoms with Gasteiger partial charge < -0.3 is 57.5 Å². The van der Waals surface area contributed by atoms with Crippen LogP contribution in [0.2, 0.25) is 0 Å². The van der Waals surface area contributed by atoms with E-state index in [-0.39, 0.29) is 0 Å². The highest BCUT2D eigenvalue weighted by Crippen LogP contribution is 2.67. The van der Waals surface area contributed by atoms with Gasteiger partial charge in [0, 0.05) is 63.3 Å². The number of rotatable bonds is 22. The van der Waals surface area contributed by atoms with Crippen molar-refractivity contribution in [2.24, 2.45) is 0 Å². The number of nitrogens with one attached hydrogen (secondary N) is 1. The number of halogens is 6. The average molecular weight is 1510 g/mol. The third-order valence-corrected chi connectivity index (χ3v) is 22.1. The summed E-state index contributed by atoms with van der Waals surface area (Å²) in [7, 11) is 0.420. The Morgan fingerprint density at radius 1 is 0.324 bits per heavy atom. The first-order chi connectivity index (χ1) is 51.9. The molecule has 1 spiro atoms. The van der Waals surface area contributed by atoms with E-state index in [2.05, 4.69) is 189 Å². The molecule has 17 nitrogen and oxygen atoms in total. The Balaban J connectivity index is 0.000000619. The van der Waals surface area contributed by atoms with Crippen molar-refractivity contribution in [2.45, 2.75) is 28.5 Å². The number of alkyl halides is 6. The molecule has 1 unspecified atom stereocenters. The van der Waals surface area contributed by atoms with Crippen LogP contribution in [0.1, 0.15) is 28.7 Å². The fraction of sp³-hybridized carbons (Fsp3) is 0.157. The van der Waals surface area contributed by atoms with Crippen LogP contribution in [0.25, 0.3) is 16.7 Å². The number of benzene rings is 11. The largest absolute Gasteiger partial charge is 0.512 e. The van der Waals surface area contributed by atoms with Gasteiger partial charge in [0.2, 0.25) is 0 Å². The van der Waals surface area contributed by atoms with Crippen molar-refractivity contribution in [2.75, 3.05) is 76.5 Å². The molecule has 0 fully saturated rings. The normalized spacial score (nSPS) is 14.6. The van der Waals surface area contributed by atoms with Gasteiger partial charge in [-0.05, 0) is 269 Å². The summed E-state index contributed by atoms with van der Waals surface area (Å²) in [6, 6.07) is 89.6. The summed E-state index contributed by atoms with van der Waals surface area (Å²) in [5, 5.41) is 0. The minimum atomic E-state index is -6.60. The highest BCUT2D eigenvalue weighted by atomic mass is 32.3. The molecular formula is C83H71F6N5O12S2. The molecule has 14 rings (SSSR count). The highest BCUT2D eigenvalue weighted by molar-refractivity contribution is 8.05. The standard InChI is InChI=1S/C81H70N4O8.C2HF6NO4S2/c1-86-64-31-13-54(14-32-64)82(55-15-33-65(87-2)34-16-55)62-29-47-73-72-11-9-10-12-76(72)81(77(73)51-62)78-52-63(83(56-17-35-66(88-3)36-18-56)57-19-37-67(89-4)38-20-57)30-48-74(78)75-49-50-80(53-79(75)81,84(58-21-39-68(90-5)40-22-58)59-23-41-69(91-6)42-24-59)85(60-25-43-70(92-7)44-26-60)61-27-45-71(93-8)46-28-61;3-1(4,5)14(10,11)9-15(12,13)2(6,7)8/h9-49,51-53H,50H2,1-8H3;9H. The number of anilines is 10. The Hall–Kier alpha value is -12.1. The Kier molecular flexibility index (Phi) is 20.4. The average Bonchev–Trinajstić information content (AvgIpc) is 1.50. The van der Waals surface area contributed by atoms with Gasteiger partial charge in [-0.1, -0.05) is 46.6 Å². The van der Waals surface area contributed by atoms with Crippen molar-refractivity contribution >= 4 is 82.5 Å². The Bertz CT molecular complexity index is 5060. The summed E-state index contributed by atoms with van der Waals surface area (Å²) in [6.45, 7) is 0. The van der Waals surface area contributed by atoms with E-state index in [0.717, 1.165) is 147 Å². The summed E-state index contributed by atoms with van der Waals surface area (Å²) in [4.78, 5) is 9.59. The zero-order valence-electron chi connectivity index (χ0n) is 59.4. The molecule has 1 N–H and O–H groups in total. The molecule has 0 amide bonds. The van der Waals surface area contributed by atoms with Gasteiger partial charge in [0.05, 0.1) is 62.3 Å². The molecule has 1 atom stereocenters. The van der Waals surface area contributed by atoms with Crippen LogP contribution in [0.5, 0.6) is 46.0 Å². The second-order valence-electron chi connectivity index (χ2n) is 24.9. The van der Waals surface area contributed by atoms with Crippen molar-refractivity contribution in [3.63, 3.8) is 0 Å². The molecule has 11 aromatic rings. The van der Waals surface area contributed by atoms with E-state index < -0.39 is 46.3 Å². The van der Waals surface area contributed by atoms with Gasteiger partial charge in [-0.15, -0.1) is 0 Å². The number of ether oxygens (including phenoxy) is 8. The third-order valence-electron chi connectivity index (χ3n) is 19.2. The molecule has 25 heteroatoms. The number of hydrogen-bond donors (Lipinski definition) is 1. The third kappa shape index (κ3) is 13.6. The first kappa shape index (κ1) is 74.2. The second-order valence-corrected chi connectivity index (χ2v) is 28.5. The van der Waals surface area contributed by atoms with Crippen molar-refractivity contribution < 1.29 is 81.1 Å². The predicted octanol–water partition coefficient (Wildman–Crippen LogP) is 19.4. The van der Waals surface area contributed by atoms with Crippen LogP contribution in [-0.4, -0.2) is 90.4 Å². The van der Waals surface area contributed by atoms with Crippen LogP contribution in [0.15, 0.2) is 273 Å². The minimum Gasteiger partial charge on any atom is -0.497 e. The maximum absolute atomic E-state index is 11.5. The molecular weight excluding hydrogens is 1440 g/mol. The molecule has 108 heavy (non-hydrogen) atoms. The Labute approximate surface area is 621 Å². The molecule has 3 aliphatic rings. The molecule has 3 aliphatic carbocycles. The van der Waals surface area contributed by atoms with Crippen molar-refractivity contribution in [1.82, 2.24) is 4.13 Å². The van der Waals surface area contributed by atoms with Gasteiger partial charge in [-0.25, -0.2) is 16.8 Å². The number of allylic oxidation sites excluding steroid dienone is 2. The molecule has 0 heterocycles. The van der Waals surface area contributed by atoms with Crippen molar-refractivity contribution in [3.8, 4) is 57.1 Å². The maximum atomic E-state index is 11.5. The van der Waals surface area contributed by atoms with Gasteiger partial charge >= 0.3 is 31.1 Å². The van der Waals surface area contributed by atoms with Crippen LogP contribution in [-0.2, 0) is 25.5 Å². The lowest BCUT2D eigenvalue weighted by Crippen LogP contribution is -2.58. The lowest BCUT2D eigenvalue weighted by atomic mass is 9.68. The summed E-state index contributed by atoms with van der Waals surface area (Å²) in [5.74, 6) is 6.00. The van der Waals surface area contributed by atoms with Gasteiger partial charge in [0.15, 0.2) is 0 Å². The zero-order valence-corrected chi connectivity index (χ0v) is 61.0. The summed E-state index contributed by atoms with van der Waals surface area (Å²) in [6.07, 6.45) is 5.55. The van der Waals surface area contributed by atoms with Crippen LogP contribution in [0, 0.1) is 0 Å². The number of methoxy groups -OCH3 is 8. The SMILES string of the molecule is COc1ccc(N(c2ccc(OC)cc2)c2ccc3c(c2)C2(C4=CC(N(c5ccc(OC)cc5)c5ccc(OC)cc5)(N(c5ccc(OC)cc5)c5ccc(OC)cc5)CC=C43)c3ccccc3-c3ccc(N(c4ccc(OC)cc4)c4ccc(OC)cc4)cc32)cc1.O=S(=O)(NS(=O)(=O)C(F)(F)F)C(F)(F)F. The molecule has 0 saturated carbocycles. The Morgan fingerprint density at radius 3 is 0.880 bits per heavy atom. The monoisotopic (exact) mass is 1510 g/mol. The van der Waals surface area contributed by atoms with E-state index in [0.29, 0.717) is 6.42 Å². The molecule has 554 valence electrons. The molecule has 0 radical (unpaired) electrons. The summed E-state index contributed by atoms with van der Waals surface area (Å²) < 4.78 is 155. The van der Waals surface area contributed by atoms with Gasteiger partial charge in [0.1, 0.15) is 51.7 Å². The lowest BCUT2D eigenvalue weighted by molar-refractivity contribution is -0.0476. The van der Waals surface area contributed by atoms with E-state index in [1.165, 1.54) is 0 Å². The van der Waals surface area contributed by atoms with E-state index in [1.54, 1.807) is 56.9 Å². The van der Waals surface area contributed by atoms with E-state index in [4.69, 9.17) is 37.9 Å². The van der Waals surface area contributed by atoms with E-state index in [1.807, 2.05) is 97.1 Å². The van der Waals surface area contributed by atoms with Gasteiger partial charge in [-0.2, -0.15) is 26.3 Å². The predicted molar refractivity (Wildman–Crippen MR) is 407 cm³/mol. The lowest BCUT2D eigenvalue weighted by Gasteiger charge is -2.53. The molecule has 0 aliphatic heterocycles. The summed E-state index contributed by atoms with van der Waals surface area (Å²) in [5.41, 5.74) is 4.09. The van der Waals surface area contributed by atoms with E-state index >= 15 is 0 Å². The molecule has 0 bridgehead atoms. The van der Waals surface area contributed by atoms with Crippen LogP contribution < -0.4 is 61.6 Å². The van der Waals surface area contributed by atoms with Crippen LogP contribution in [0.4, 0.5) is 83.2 Å². The summed E-state index contributed by atoms with van der Waals surface area (Å²) >= 11 is 0. The topological polar surface area (TPSA) is 167 Å². The fourth-order valence-electron chi connectivity index (χ4n) is 14.2. The van der Waals surface area contributed by atoms with Crippen molar-refractivity contribution in [3.05, 3.63) is 295 Å². The number of nitrogens with zero attached hydrogens (tertiary/aromatic N) is 4. The molecule has 11 aromatic carbocycles. The highest BCUT2D eigenvalue weighted by Gasteiger charge is 2.59. The first-order valence-electron chi connectivity index (χ1n) is 33.5. The first-order valence-corrected chi connectivity index (χ1v) is 36.4. The number of sulfonamides is 2. The smallest absolute Gasteiger partial charge is 0.497 e. The number of fused-ring (bicyclic) bond motifs is 10. The van der Waals surface area contributed by atoms with Crippen LogP contribution >= 0.6 is 0 Å². The van der Waals surface area contributed by atoms with Gasteiger partial charge in [-0.3, -0.25) is 0 Å². The Morgan fingerprint density at radius 2 is 0.583 bits per heavy atom.